The zero-order valence-electron chi connectivity index (χ0n) is 7.72. The molecule has 0 radical (unpaired) electrons. The van der Waals surface area contributed by atoms with Crippen LogP contribution in [0.25, 0.3) is 0 Å². The fourth-order valence-corrected chi connectivity index (χ4v) is 1.30. The zero-order chi connectivity index (χ0) is 9.52. The number of nitrogens with one attached hydrogen (secondary N) is 1. The summed E-state index contributed by atoms with van der Waals surface area (Å²) in [5.41, 5.74) is 0. The lowest BCUT2D eigenvalue weighted by Crippen LogP contribution is -2.27. The number of hydrogen-bond donors (Lipinski definition) is 1. The van der Waals surface area contributed by atoms with E-state index < -0.39 is 0 Å². The van der Waals surface area contributed by atoms with Crippen molar-refractivity contribution in [3.63, 3.8) is 0 Å². The van der Waals surface area contributed by atoms with Crippen LogP contribution in [0.4, 0.5) is 0 Å². The summed E-state index contributed by atoms with van der Waals surface area (Å²) >= 11 is 3.26. The Morgan fingerprint density at radius 1 is 1.46 bits per heavy atom. The molecule has 1 fully saturated rings. The monoisotopic (exact) mass is 249 g/mol. The average molecular weight is 250 g/mol. The molecule has 3 nitrogen and oxygen atoms in total. The van der Waals surface area contributed by atoms with E-state index in [0.29, 0.717) is 32.1 Å². The maximum Gasteiger partial charge on any atom is 0.220 e. The first-order valence-electron chi connectivity index (χ1n) is 4.73. The lowest BCUT2D eigenvalue weighted by Gasteiger charge is -2.04. The van der Waals surface area contributed by atoms with Crippen LogP contribution in [0.15, 0.2) is 0 Å². The van der Waals surface area contributed by atoms with Crippen molar-refractivity contribution in [3.05, 3.63) is 0 Å². The molecule has 0 spiro atoms. The second-order valence-electron chi connectivity index (χ2n) is 3.30. The van der Waals surface area contributed by atoms with E-state index in [2.05, 4.69) is 21.2 Å². The minimum atomic E-state index is 0.171. The fraction of sp³-hybridized carbons (Fsp3) is 0.889. The summed E-state index contributed by atoms with van der Waals surface area (Å²) in [5.74, 6) is 0.841. The number of carbonyl (C=O) groups is 1. The molecule has 1 rings (SSSR count). The van der Waals surface area contributed by atoms with Crippen molar-refractivity contribution < 1.29 is 9.53 Å². The predicted molar refractivity (Wildman–Crippen MR) is 55.0 cm³/mol. The van der Waals surface area contributed by atoms with Crippen molar-refractivity contribution in [2.24, 2.45) is 5.92 Å². The number of carbonyl (C=O) groups excluding carboxylic acids is 1. The topological polar surface area (TPSA) is 38.3 Å². The van der Waals surface area contributed by atoms with Gasteiger partial charge in [-0.15, -0.1) is 0 Å². The van der Waals surface area contributed by atoms with E-state index in [-0.39, 0.29) is 5.91 Å². The molecule has 0 saturated heterocycles. The summed E-state index contributed by atoms with van der Waals surface area (Å²) in [6, 6.07) is 0. The number of amides is 1. The standard InChI is InChI=1S/C9H16BrNO2/c10-3-5-13-6-4-11-9(12)7-8-1-2-8/h8H,1-7H2,(H,11,12). The van der Waals surface area contributed by atoms with E-state index in [0.717, 1.165) is 5.33 Å². The number of halogens is 1. The highest BCUT2D eigenvalue weighted by Gasteiger charge is 2.23. The molecule has 0 aliphatic heterocycles. The molecule has 1 N–H and O–H groups in total. The molecule has 13 heavy (non-hydrogen) atoms. The van der Waals surface area contributed by atoms with Gasteiger partial charge in [0.1, 0.15) is 0 Å². The van der Waals surface area contributed by atoms with Gasteiger partial charge >= 0.3 is 0 Å². The van der Waals surface area contributed by atoms with Gasteiger partial charge in [0.2, 0.25) is 5.91 Å². The Balaban J connectivity index is 1.83. The number of rotatable bonds is 7. The van der Waals surface area contributed by atoms with E-state index in [1.807, 2.05) is 0 Å². The van der Waals surface area contributed by atoms with E-state index >= 15 is 0 Å². The summed E-state index contributed by atoms with van der Waals surface area (Å²) in [6.45, 7) is 1.96. The van der Waals surface area contributed by atoms with Crippen molar-refractivity contribution in [2.75, 3.05) is 25.1 Å². The summed E-state index contributed by atoms with van der Waals surface area (Å²) in [4.78, 5) is 11.2. The van der Waals surface area contributed by atoms with Crippen LogP contribution in [0.3, 0.4) is 0 Å². The molecular weight excluding hydrogens is 234 g/mol. The highest BCUT2D eigenvalue weighted by atomic mass is 79.9. The van der Waals surface area contributed by atoms with E-state index in [1.54, 1.807) is 0 Å². The third kappa shape index (κ3) is 6.05. The Labute approximate surface area is 87.3 Å². The number of alkyl halides is 1. The van der Waals surface area contributed by atoms with Gasteiger partial charge in [0.25, 0.3) is 0 Å². The van der Waals surface area contributed by atoms with Crippen LogP contribution >= 0.6 is 15.9 Å². The van der Waals surface area contributed by atoms with Crippen molar-refractivity contribution in [2.45, 2.75) is 19.3 Å². The van der Waals surface area contributed by atoms with E-state index in [4.69, 9.17) is 4.74 Å². The lowest BCUT2D eigenvalue weighted by molar-refractivity contribution is -0.121. The molecule has 4 heteroatoms. The minimum absolute atomic E-state index is 0.171. The molecule has 0 aromatic rings. The average Bonchev–Trinajstić information content (AvgIpc) is 2.88. The van der Waals surface area contributed by atoms with Gasteiger partial charge < -0.3 is 10.1 Å². The normalized spacial score (nSPS) is 15.8. The third-order valence-corrected chi connectivity index (χ3v) is 2.28. The largest absolute Gasteiger partial charge is 0.379 e. The summed E-state index contributed by atoms with van der Waals surface area (Å²) < 4.78 is 5.19. The van der Waals surface area contributed by atoms with Crippen LogP contribution in [0.1, 0.15) is 19.3 Å². The molecule has 1 saturated carbocycles. The van der Waals surface area contributed by atoms with Crippen molar-refractivity contribution in [3.8, 4) is 0 Å². The maximum atomic E-state index is 11.2. The van der Waals surface area contributed by atoms with Gasteiger partial charge in [-0.05, 0) is 18.8 Å². The van der Waals surface area contributed by atoms with Gasteiger partial charge in [-0.1, -0.05) is 15.9 Å². The van der Waals surface area contributed by atoms with Gasteiger partial charge in [0, 0.05) is 18.3 Å². The molecule has 0 aromatic carbocycles. The molecule has 0 atom stereocenters. The van der Waals surface area contributed by atoms with Gasteiger partial charge in [0.15, 0.2) is 0 Å². The van der Waals surface area contributed by atoms with Crippen LogP contribution in [-0.2, 0) is 9.53 Å². The van der Waals surface area contributed by atoms with Crippen molar-refractivity contribution >= 4 is 21.8 Å². The number of ether oxygens (including phenoxy) is 1. The highest BCUT2D eigenvalue weighted by molar-refractivity contribution is 9.09. The molecule has 0 unspecified atom stereocenters. The Kier molecular flexibility index (Phi) is 5.39. The zero-order valence-corrected chi connectivity index (χ0v) is 9.31. The van der Waals surface area contributed by atoms with Crippen LogP contribution in [0.2, 0.25) is 0 Å². The highest BCUT2D eigenvalue weighted by Crippen LogP contribution is 2.31. The van der Waals surface area contributed by atoms with Crippen molar-refractivity contribution in [1.29, 1.82) is 0 Å². The fourth-order valence-electron chi connectivity index (χ4n) is 1.08. The minimum Gasteiger partial charge on any atom is -0.379 e. The van der Waals surface area contributed by atoms with Gasteiger partial charge in [0.05, 0.1) is 13.2 Å². The molecule has 0 bridgehead atoms. The molecule has 0 aromatic heterocycles. The van der Waals surface area contributed by atoms with Gasteiger partial charge in [-0.25, -0.2) is 0 Å². The second-order valence-corrected chi connectivity index (χ2v) is 4.09. The van der Waals surface area contributed by atoms with Gasteiger partial charge in [-0.3, -0.25) is 4.79 Å². The SMILES string of the molecule is O=C(CC1CC1)NCCOCCBr. The Hall–Kier alpha value is -0.0900. The summed E-state index contributed by atoms with van der Waals surface area (Å²) in [6.07, 6.45) is 3.17. The second kappa shape index (κ2) is 6.38. The first-order chi connectivity index (χ1) is 6.33. The van der Waals surface area contributed by atoms with Crippen LogP contribution < -0.4 is 5.32 Å². The number of hydrogen-bond acceptors (Lipinski definition) is 2. The smallest absolute Gasteiger partial charge is 0.220 e. The van der Waals surface area contributed by atoms with E-state index in [9.17, 15) is 4.79 Å². The molecule has 1 aliphatic carbocycles. The Bertz CT molecular complexity index is 160. The lowest BCUT2D eigenvalue weighted by atomic mass is 10.3. The summed E-state index contributed by atoms with van der Waals surface area (Å²) in [5, 5.41) is 3.68. The molecule has 76 valence electrons. The molecule has 1 amide bonds. The maximum absolute atomic E-state index is 11.2. The van der Waals surface area contributed by atoms with Crippen molar-refractivity contribution in [1.82, 2.24) is 5.32 Å². The Morgan fingerprint density at radius 2 is 2.23 bits per heavy atom. The predicted octanol–water partition coefficient (Wildman–Crippen LogP) is 1.31. The quantitative estimate of drug-likeness (QED) is 0.546. The molecule has 1 aliphatic rings. The van der Waals surface area contributed by atoms with E-state index in [1.165, 1.54) is 12.8 Å². The first kappa shape index (κ1) is 11.0. The molecule has 0 heterocycles. The molecular formula is C9H16BrNO2. The van der Waals surface area contributed by atoms with Crippen LogP contribution in [0.5, 0.6) is 0 Å². The third-order valence-electron chi connectivity index (χ3n) is 1.96. The van der Waals surface area contributed by atoms with Crippen LogP contribution in [0, 0.1) is 5.92 Å². The Morgan fingerprint density at radius 3 is 2.85 bits per heavy atom. The van der Waals surface area contributed by atoms with Crippen LogP contribution in [-0.4, -0.2) is 31.0 Å². The summed E-state index contributed by atoms with van der Waals surface area (Å²) in [7, 11) is 0. The van der Waals surface area contributed by atoms with Gasteiger partial charge in [-0.2, -0.15) is 0 Å². The first-order valence-corrected chi connectivity index (χ1v) is 5.85.